The minimum Gasteiger partial charge on any atom is -0.454 e. The molecule has 32 heavy (non-hydrogen) atoms. The van der Waals surface area contributed by atoms with Gasteiger partial charge in [-0.15, -0.1) is 0 Å². The lowest BCUT2D eigenvalue weighted by Gasteiger charge is -2.38. The molecule has 0 unspecified atom stereocenters. The van der Waals surface area contributed by atoms with Gasteiger partial charge in [0.1, 0.15) is 0 Å². The number of aromatic nitrogens is 2. The second-order valence-electron chi connectivity index (χ2n) is 9.24. The summed E-state index contributed by atoms with van der Waals surface area (Å²) in [6.07, 6.45) is 3.21. The van der Waals surface area contributed by atoms with Crippen molar-refractivity contribution in [2.24, 2.45) is 17.8 Å². The number of fused-ring (bicyclic) bond motifs is 3. The molecule has 2 aromatic rings. The highest BCUT2D eigenvalue weighted by atomic mass is 16.7. The van der Waals surface area contributed by atoms with Crippen molar-refractivity contribution in [1.82, 2.24) is 19.9 Å². The molecule has 2 amide bonds. The summed E-state index contributed by atoms with van der Waals surface area (Å²) in [5, 5.41) is 4.22. The first-order valence-corrected chi connectivity index (χ1v) is 11.4. The molecule has 2 saturated carbocycles. The van der Waals surface area contributed by atoms with Crippen LogP contribution in [0.1, 0.15) is 38.0 Å². The number of hydrogen-bond acceptors (Lipinski definition) is 7. The number of rotatable bonds is 3. The molecule has 2 bridgehead atoms. The van der Waals surface area contributed by atoms with Crippen LogP contribution < -0.4 is 9.47 Å². The van der Waals surface area contributed by atoms with Crippen LogP contribution in [0.15, 0.2) is 22.7 Å². The van der Waals surface area contributed by atoms with Gasteiger partial charge in [-0.1, -0.05) is 5.16 Å². The van der Waals surface area contributed by atoms with Gasteiger partial charge in [0.05, 0.1) is 11.8 Å². The third-order valence-corrected chi connectivity index (χ3v) is 7.60. The topological polar surface area (TPSA) is 98.0 Å². The Labute approximate surface area is 185 Å². The van der Waals surface area contributed by atoms with Crippen LogP contribution in [0.5, 0.6) is 11.5 Å². The Morgan fingerprint density at radius 2 is 1.75 bits per heavy atom. The Kier molecular flexibility index (Phi) is 4.58. The molecular weight excluding hydrogens is 412 g/mol. The van der Waals surface area contributed by atoms with E-state index in [0.29, 0.717) is 61.2 Å². The van der Waals surface area contributed by atoms with E-state index in [1.54, 1.807) is 11.8 Å². The predicted octanol–water partition coefficient (Wildman–Crippen LogP) is 2.29. The summed E-state index contributed by atoms with van der Waals surface area (Å²) in [4.78, 5) is 33.6. The van der Waals surface area contributed by atoms with Gasteiger partial charge < -0.3 is 23.8 Å². The molecule has 2 aliphatic carbocycles. The lowest BCUT2D eigenvalue weighted by molar-refractivity contribution is -0.143. The highest BCUT2D eigenvalue weighted by molar-refractivity contribution is 5.81. The van der Waals surface area contributed by atoms with Gasteiger partial charge in [-0.05, 0) is 49.3 Å². The lowest BCUT2D eigenvalue weighted by atomic mass is 9.78. The number of nitrogens with zero attached hydrogens (tertiary/aromatic N) is 4. The molecule has 4 atom stereocenters. The molecule has 2 aliphatic heterocycles. The summed E-state index contributed by atoms with van der Waals surface area (Å²) >= 11 is 0. The van der Waals surface area contributed by atoms with Crippen molar-refractivity contribution in [3.05, 3.63) is 24.1 Å². The van der Waals surface area contributed by atoms with Gasteiger partial charge in [-0.2, -0.15) is 4.98 Å². The molecule has 168 valence electrons. The van der Waals surface area contributed by atoms with Gasteiger partial charge in [0, 0.05) is 38.7 Å². The molecule has 1 aromatic carbocycles. The molecule has 0 radical (unpaired) electrons. The van der Waals surface area contributed by atoms with Crippen molar-refractivity contribution >= 4 is 11.8 Å². The Balaban J connectivity index is 1.23. The highest BCUT2D eigenvalue weighted by Crippen LogP contribution is 2.57. The van der Waals surface area contributed by atoms with Crippen LogP contribution in [0.3, 0.4) is 0 Å². The number of hydrogen-bond donors (Lipinski definition) is 0. The predicted molar refractivity (Wildman–Crippen MR) is 112 cm³/mol. The number of benzene rings is 1. The van der Waals surface area contributed by atoms with Crippen LogP contribution in [-0.2, 0) is 9.59 Å². The van der Waals surface area contributed by atoms with Crippen molar-refractivity contribution in [3.8, 4) is 22.9 Å². The van der Waals surface area contributed by atoms with Crippen molar-refractivity contribution in [2.45, 2.75) is 32.1 Å². The summed E-state index contributed by atoms with van der Waals surface area (Å²) in [6.45, 7) is 4.17. The standard InChI is InChI=1S/C23H26N4O5/c1-13(28)26-6-8-27(9-7-26)23(29)20-15-3-2-14(10-15)19(20)22-24-21(25-32-22)16-4-5-17-18(11-16)31-12-30-17/h4-5,11,14-15,19-20H,2-3,6-10,12H2,1H3/t14-,15+,19+,20+/m1/s1. The van der Waals surface area contributed by atoms with Crippen LogP contribution in [0.25, 0.3) is 11.4 Å². The fourth-order valence-electron chi connectivity index (χ4n) is 5.98. The minimum atomic E-state index is -0.123. The molecule has 1 saturated heterocycles. The molecule has 1 aromatic heterocycles. The summed E-state index contributed by atoms with van der Waals surface area (Å²) in [6, 6.07) is 5.59. The number of amides is 2. The maximum Gasteiger partial charge on any atom is 0.231 e. The summed E-state index contributed by atoms with van der Waals surface area (Å²) in [5.74, 6) is 3.29. The number of ether oxygens (including phenoxy) is 2. The second kappa shape index (κ2) is 7.50. The smallest absolute Gasteiger partial charge is 0.231 e. The van der Waals surface area contributed by atoms with Gasteiger partial charge in [0.25, 0.3) is 0 Å². The largest absolute Gasteiger partial charge is 0.454 e. The SMILES string of the molecule is CC(=O)N1CCN(C(=O)[C@H]2[C@H]3CC[C@H](C3)[C@@H]2c2nc(-c3ccc4c(c3)OCO4)no2)CC1. The zero-order valence-electron chi connectivity index (χ0n) is 18.0. The van der Waals surface area contributed by atoms with Crippen molar-refractivity contribution in [2.75, 3.05) is 33.0 Å². The van der Waals surface area contributed by atoms with E-state index in [2.05, 4.69) is 5.16 Å². The Hall–Kier alpha value is -3.10. The maximum absolute atomic E-state index is 13.6. The van der Waals surface area contributed by atoms with Crippen LogP contribution >= 0.6 is 0 Å². The average molecular weight is 438 g/mol. The summed E-state index contributed by atoms with van der Waals surface area (Å²) in [5.41, 5.74) is 0.802. The zero-order chi connectivity index (χ0) is 21.8. The molecule has 3 fully saturated rings. The Morgan fingerprint density at radius 1 is 1.00 bits per heavy atom. The third-order valence-electron chi connectivity index (χ3n) is 7.60. The summed E-state index contributed by atoms with van der Waals surface area (Å²) in [7, 11) is 0. The van der Waals surface area contributed by atoms with Crippen LogP contribution in [-0.4, -0.2) is 64.7 Å². The van der Waals surface area contributed by atoms with E-state index >= 15 is 0 Å². The highest BCUT2D eigenvalue weighted by Gasteiger charge is 2.54. The van der Waals surface area contributed by atoms with Crippen LogP contribution in [0.4, 0.5) is 0 Å². The Bertz CT molecular complexity index is 1060. The molecule has 9 nitrogen and oxygen atoms in total. The van der Waals surface area contributed by atoms with Crippen LogP contribution in [0.2, 0.25) is 0 Å². The van der Waals surface area contributed by atoms with E-state index in [4.69, 9.17) is 19.0 Å². The van der Waals surface area contributed by atoms with Crippen molar-refractivity contribution in [3.63, 3.8) is 0 Å². The molecule has 3 heterocycles. The normalized spacial score (nSPS) is 28.4. The fourth-order valence-corrected chi connectivity index (χ4v) is 5.98. The van der Waals surface area contributed by atoms with Crippen LogP contribution in [0, 0.1) is 17.8 Å². The Morgan fingerprint density at radius 3 is 2.56 bits per heavy atom. The molecule has 4 aliphatic rings. The van der Waals surface area contributed by atoms with Crippen molar-refractivity contribution in [1.29, 1.82) is 0 Å². The third kappa shape index (κ3) is 3.13. The van der Waals surface area contributed by atoms with Gasteiger partial charge in [0.15, 0.2) is 11.5 Å². The van der Waals surface area contributed by atoms with E-state index in [1.807, 2.05) is 23.1 Å². The van der Waals surface area contributed by atoms with E-state index in [1.165, 1.54) is 0 Å². The minimum absolute atomic E-state index is 0.0395. The zero-order valence-corrected chi connectivity index (χ0v) is 18.0. The van der Waals surface area contributed by atoms with E-state index < -0.39 is 0 Å². The van der Waals surface area contributed by atoms with Gasteiger partial charge >= 0.3 is 0 Å². The number of carbonyl (C=O) groups excluding carboxylic acids is 2. The van der Waals surface area contributed by atoms with Gasteiger partial charge in [-0.25, -0.2) is 0 Å². The first-order chi connectivity index (χ1) is 15.6. The first kappa shape index (κ1) is 19.6. The van der Waals surface area contributed by atoms with Gasteiger partial charge in [0.2, 0.25) is 30.3 Å². The quantitative estimate of drug-likeness (QED) is 0.725. The number of piperazine rings is 1. The van der Waals surface area contributed by atoms with E-state index in [9.17, 15) is 9.59 Å². The molecule has 9 heteroatoms. The molecule has 0 N–H and O–H groups in total. The van der Waals surface area contributed by atoms with E-state index in [0.717, 1.165) is 24.8 Å². The first-order valence-electron chi connectivity index (χ1n) is 11.4. The average Bonchev–Trinajstić information content (AvgIpc) is 3.61. The second-order valence-corrected chi connectivity index (χ2v) is 9.24. The fraction of sp³-hybridized carbons (Fsp3) is 0.565. The molecular formula is C23H26N4O5. The number of carbonyl (C=O) groups is 2. The molecule has 0 spiro atoms. The van der Waals surface area contributed by atoms with Gasteiger partial charge in [-0.3, -0.25) is 9.59 Å². The summed E-state index contributed by atoms with van der Waals surface area (Å²) < 4.78 is 16.6. The lowest BCUT2D eigenvalue weighted by Crippen LogP contribution is -2.52. The molecule has 6 rings (SSSR count). The van der Waals surface area contributed by atoms with E-state index in [-0.39, 0.29) is 30.4 Å². The monoisotopic (exact) mass is 438 g/mol. The van der Waals surface area contributed by atoms with Crippen molar-refractivity contribution < 1.29 is 23.6 Å². The maximum atomic E-state index is 13.6.